The summed E-state index contributed by atoms with van der Waals surface area (Å²) in [6.45, 7) is 0.893. The molecule has 31 heavy (non-hydrogen) atoms. The number of carboxylic acid groups (broad SMARTS) is 1. The van der Waals surface area contributed by atoms with Gasteiger partial charge in [0.1, 0.15) is 6.04 Å². The van der Waals surface area contributed by atoms with Crippen LogP contribution in [0.5, 0.6) is 0 Å². The largest absolute Gasteiger partial charge is 0.480 e. The number of rotatable bonds is 15. The van der Waals surface area contributed by atoms with Crippen molar-refractivity contribution in [2.75, 3.05) is 25.1 Å². The van der Waals surface area contributed by atoms with Gasteiger partial charge >= 0.3 is 5.97 Å². The number of carbonyl (C=O) groups excluding carboxylic acids is 3. The lowest BCUT2D eigenvalue weighted by molar-refractivity contribution is -0.144. The zero-order valence-corrected chi connectivity index (χ0v) is 18.5. The number of hydrogen-bond donors (Lipinski definition) is 8. The Bertz CT molecular complexity index is 642. The van der Waals surface area contributed by atoms with Crippen LogP contribution in [0.4, 0.5) is 0 Å². The molecular weight excluding hydrogens is 430 g/mol. The lowest BCUT2D eigenvalue weighted by atomic mass is 10.1. The molecule has 178 valence electrons. The standard InChI is InChI=1S/C17H33N7O6S/c1-9(25)13(16(29)30)24-12(26)8-22-15(28)11(4-3-6-21-17(19)20)23-14(27)10(18)5-7-31-2/h9-11,13,25H,3-8,18H2,1-2H3,(H,22,28)(H,23,27)(H,24,26)(H,29,30)(H4,19,20,21). The van der Waals surface area contributed by atoms with Crippen molar-refractivity contribution in [3.05, 3.63) is 0 Å². The Morgan fingerprint density at radius 3 is 2.26 bits per heavy atom. The number of nitrogens with zero attached hydrogens (tertiary/aromatic N) is 1. The monoisotopic (exact) mass is 463 g/mol. The normalized spacial score (nSPS) is 14.5. The summed E-state index contributed by atoms with van der Waals surface area (Å²) in [5.74, 6) is -2.84. The van der Waals surface area contributed by atoms with E-state index in [2.05, 4.69) is 20.9 Å². The highest BCUT2D eigenvalue weighted by Crippen LogP contribution is 2.03. The van der Waals surface area contributed by atoms with Gasteiger partial charge in [-0.3, -0.25) is 19.4 Å². The van der Waals surface area contributed by atoms with Gasteiger partial charge in [-0.2, -0.15) is 11.8 Å². The van der Waals surface area contributed by atoms with Crippen molar-refractivity contribution in [3.63, 3.8) is 0 Å². The van der Waals surface area contributed by atoms with Gasteiger partial charge in [-0.05, 0) is 38.2 Å². The second kappa shape index (κ2) is 15.3. The van der Waals surface area contributed by atoms with Gasteiger partial charge < -0.3 is 43.4 Å². The van der Waals surface area contributed by atoms with Crippen LogP contribution in [0.25, 0.3) is 0 Å². The van der Waals surface area contributed by atoms with E-state index in [4.69, 9.17) is 22.3 Å². The molecule has 3 amide bonds. The number of aliphatic carboxylic acids is 1. The Morgan fingerprint density at radius 2 is 1.74 bits per heavy atom. The van der Waals surface area contributed by atoms with Gasteiger partial charge in [-0.25, -0.2) is 4.79 Å². The van der Waals surface area contributed by atoms with Crippen LogP contribution in [0, 0.1) is 0 Å². The van der Waals surface area contributed by atoms with Crippen molar-refractivity contribution < 1.29 is 29.4 Å². The fraction of sp³-hybridized carbons (Fsp3) is 0.706. The molecule has 0 fully saturated rings. The van der Waals surface area contributed by atoms with Gasteiger partial charge in [0, 0.05) is 6.54 Å². The minimum absolute atomic E-state index is 0.105. The lowest BCUT2D eigenvalue weighted by Gasteiger charge is -2.21. The van der Waals surface area contributed by atoms with E-state index in [9.17, 15) is 24.3 Å². The number of hydrogen-bond acceptors (Lipinski definition) is 8. The third-order valence-electron chi connectivity index (χ3n) is 4.04. The van der Waals surface area contributed by atoms with Crippen molar-refractivity contribution in [2.45, 2.75) is 50.4 Å². The van der Waals surface area contributed by atoms with E-state index >= 15 is 0 Å². The van der Waals surface area contributed by atoms with E-state index in [1.165, 1.54) is 18.7 Å². The van der Waals surface area contributed by atoms with Gasteiger partial charge in [-0.15, -0.1) is 0 Å². The summed E-state index contributed by atoms with van der Waals surface area (Å²) in [5.41, 5.74) is 16.3. The molecule has 0 aromatic rings. The Morgan fingerprint density at radius 1 is 1.10 bits per heavy atom. The van der Waals surface area contributed by atoms with Gasteiger partial charge in [-0.1, -0.05) is 0 Å². The first-order chi connectivity index (χ1) is 14.5. The Kier molecular flexibility index (Phi) is 14.0. The minimum atomic E-state index is -1.52. The number of thioether (sulfide) groups is 1. The first-order valence-corrected chi connectivity index (χ1v) is 11.0. The Hall–Kier alpha value is -2.58. The third kappa shape index (κ3) is 12.7. The zero-order chi connectivity index (χ0) is 24.0. The molecule has 0 bridgehead atoms. The van der Waals surface area contributed by atoms with E-state index in [0.29, 0.717) is 18.6 Å². The van der Waals surface area contributed by atoms with Crippen LogP contribution in [0.1, 0.15) is 26.2 Å². The third-order valence-corrected chi connectivity index (χ3v) is 4.68. The summed E-state index contributed by atoms with van der Waals surface area (Å²) in [5, 5.41) is 25.4. The molecule has 13 nitrogen and oxygen atoms in total. The number of aliphatic hydroxyl groups is 1. The zero-order valence-electron chi connectivity index (χ0n) is 17.7. The molecule has 0 aliphatic rings. The molecule has 0 aromatic carbocycles. The first kappa shape index (κ1) is 28.4. The van der Waals surface area contributed by atoms with Crippen molar-refractivity contribution in [1.29, 1.82) is 0 Å². The van der Waals surface area contributed by atoms with Crippen molar-refractivity contribution in [3.8, 4) is 0 Å². The SMILES string of the molecule is CSCCC(N)C(=O)NC(CCCN=C(N)N)C(=O)NCC(=O)NC(C(=O)O)C(C)O. The Labute approximate surface area is 185 Å². The number of aliphatic hydroxyl groups excluding tert-OH is 1. The highest BCUT2D eigenvalue weighted by Gasteiger charge is 2.26. The summed E-state index contributed by atoms with van der Waals surface area (Å²) in [4.78, 5) is 51.5. The molecule has 0 radical (unpaired) electrons. The molecule has 0 saturated carbocycles. The fourth-order valence-corrected chi connectivity index (χ4v) is 2.82. The van der Waals surface area contributed by atoms with Crippen LogP contribution in [-0.2, 0) is 19.2 Å². The topological polar surface area (TPSA) is 235 Å². The van der Waals surface area contributed by atoms with E-state index in [0.717, 1.165) is 0 Å². The van der Waals surface area contributed by atoms with Crippen LogP contribution < -0.4 is 33.2 Å². The van der Waals surface area contributed by atoms with Crippen LogP contribution in [-0.4, -0.2) is 89.2 Å². The van der Waals surface area contributed by atoms with E-state index < -0.39 is 54.5 Å². The Balaban J connectivity index is 4.93. The molecule has 0 spiro atoms. The number of nitrogens with two attached hydrogens (primary N) is 3. The van der Waals surface area contributed by atoms with Crippen LogP contribution in [0.2, 0.25) is 0 Å². The maximum Gasteiger partial charge on any atom is 0.328 e. The molecule has 14 heteroatoms. The average Bonchev–Trinajstić information content (AvgIpc) is 2.69. The minimum Gasteiger partial charge on any atom is -0.480 e. The highest BCUT2D eigenvalue weighted by molar-refractivity contribution is 7.98. The summed E-state index contributed by atoms with van der Waals surface area (Å²) >= 11 is 1.53. The van der Waals surface area contributed by atoms with Crippen molar-refractivity contribution >= 4 is 41.4 Å². The van der Waals surface area contributed by atoms with Crippen LogP contribution in [0.3, 0.4) is 0 Å². The smallest absolute Gasteiger partial charge is 0.328 e. The van der Waals surface area contributed by atoms with E-state index in [1.54, 1.807) is 0 Å². The first-order valence-electron chi connectivity index (χ1n) is 9.57. The number of carboxylic acids is 1. The van der Waals surface area contributed by atoms with E-state index in [1.807, 2.05) is 6.26 Å². The van der Waals surface area contributed by atoms with Gasteiger partial charge in [0.2, 0.25) is 17.7 Å². The molecule has 4 unspecified atom stereocenters. The number of amides is 3. The maximum absolute atomic E-state index is 12.5. The van der Waals surface area contributed by atoms with Gasteiger partial charge in [0.25, 0.3) is 0 Å². The van der Waals surface area contributed by atoms with Crippen LogP contribution in [0.15, 0.2) is 4.99 Å². The molecule has 0 aliphatic carbocycles. The molecule has 11 N–H and O–H groups in total. The predicted octanol–water partition coefficient (Wildman–Crippen LogP) is -3.33. The maximum atomic E-state index is 12.5. The van der Waals surface area contributed by atoms with E-state index in [-0.39, 0.29) is 18.9 Å². The summed E-state index contributed by atoms with van der Waals surface area (Å²) in [6.07, 6.45) is 1.51. The molecular formula is C17H33N7O6S. The quantitative estimate of drug-likeness (QED) is 0.0683. The molecule has 0 heterocycles. The summed E-state index contributed by atoms with van der Waals surface area (Å²) in [6, 6.07) is -3.32. The molecule has 4 atom stereocenters. The van der Waals surface area contributed by atoms with Gasteiger partial charge in [0.15, 0.2) is 12.0 Å². The number of nitrogens with one attached hydrogen (secondary N) is 3. The van der Waals surface area contributed by atoms with Crippen molar-refractivity contribution in [2.24, 2.45) is 22.2 Å². The van der Waals surface area contributed by atoms with Crippen LogP contribution >= 0.6 is 11.8 Å². The second-order valence-corrected chi connectivity index (χ2v) is 7.73. The average molecular weight is 464 g/mol. The predicted molar refractivity (Wildman–Crippen MR) is 117 cm³/mol. The fourth-order valence-electron chi connectivity index (χ4n) is 2.33. The molecule has 0 rings (SSSR count). The lowest BCUT2D eigenvalue weighted by Crippen LogP contribution is -2.54. The van der Waals surface area contributed by atoms with Gasteiger partial charge in [0.05, 0.1) is 18.7 Å². The molecule has 0 aliphatic heterocycles. The highest BCUT2D eigenvalue weighted by atomic mass is 32.2. The molecule has 0 saturated heterocycles. The second-order valence-electron chi connectivity index (χ2n) is 6.74. The number of carbonyl (C=O) groups is 4. The summed E-state index contributed by atoms with van der Waals surface area (Å²) < 4.78 is 0. The summed E-state index contributed by atoms with van der Waals surface area (Å²) in [7, 11) is 0. The molecule has 0 aromatic heterocycles. The van der Waals surface area contributed by atoms with Crippen molar-refractivity contribution in [1.82, 2.24) is 16.0 Å². The number of aliphatic imine (C=N–C) groups is 1. The number of guanidine groups is 1.